The van der Waals surface area contributed by atoms with Gasteiger partial charge in [-0.1, -0.05) is 30.3 Å². The maximum absolute atomic E-state index is 11.6. The molecule has 2 aliphatic heterocycles. The van der Waals surface area contributed by atoms with Crippen molar-refractivity contribution in [1.29, 1.82) is 0 Å². The number of aromatic nitrogens is 1. The number of likely N-dealkylation sites (tertiary alicyclic amines) is 1. The van der Waals surface area contributed by atoms with E-state index < -0.39 is 0 Å². The van der Waals surface area contributed by atoms with Crippen molar-refractivity contribution >= 4 is 17.4 Å². The second-order valence-corrected chi connectivity index (χ2v) is 7.55. The number of thiazole rings is 1. The van der Waals surface area contributed by atoms with E-state index in [1.165, 1.54) is 5.56 Å². The first kappa shape index (κ1) is 15.6. The predicted octanol–water partition coefficient (Wildman–Crippen LogP) is 3.23. The van der Waals surface area contributed by atoms with Crippen LogP contribution >= 0.6 is 11.3 Å². The van der Waals surface area contributed by atoms with Crippen molar-refractivity contribution in [2.45, 2.75) is 25.0 Å². The van der Waals surface area contributed by atoms with Gasteiger partial charge in [0.2, 0.25) is 0 Å². The fraction of sp³-hybridized carbons (Fsp3) is 0.444. The average Bonchev–Trinajstić information content (AvgIpc) is 3.16. The molecule has 0 bridgehead atoms. The van der Waals surface area contributed by atoms with Crippen LogP contribution in [0.1, 0.15) is 18.5 Å². The van der Waals surface area contributed by atoms with Gasteiger partial charge in [-0.15, -0.1) is 11.3 Å². The number of benzene rings is 1. The number of hydrogen-bond acceptors (Lipinski definition) is 5. The fourth-order valence-electron chi connectivity index (χ4n) is 3.49. The highest BCUT2D eigenvalue weighted by Gasteiger charge is 2.45. The summed E-state index contributed by atoms with van der Waals surface area (Å²) in [4.78, 5) is 20.5. The Morgan fingerprint density at radius 2 is 2.00 bits per heavy atom. The molecular weight excluding hydrogens is 322 g/mol. The Hall–Kier alpha value is -1.92. The van der Waals surface area contributed by atoms with Crippen LogP contribution in [0, 0.1) is 0 Å². The Balaban J connectivity index is 1.36. The van der Waals surface area contributed by atoms with Crippen LogP contribution in [0.2, 0.25) is 0 Å². The zero-order chi connectivity index (χ0) is 16.6. The van der Waals surface area contributed by atoms with Crippen LogP contribution in [0.25, 0.3) is 10.6 Å². The molecule has 4 rings (SSSR count). The largest absolute Gasteiger partial charge is 0.441 e. The lowest BCUT2D eigenvalue weighted by Crippen LogP contribution is -2.46. The van der Waals surface area contributed by atoms with Gasteiger partial charge in [-0.25, -0.2) is 9.78 Å². The molecule has 0 aliphatic carbocycles. The summed E-state index contributed by atoms with van der Waals surface area (Å²) in [5.41, 5.74) is 2.03. The Bertz CT molecular complexity index is 723. The van der Waals surface area contributed by atoms with E-state index in [0.717, 1.165) is 43.2 Å². The van der Waals surface area contributed by atoms with Crippen LogP contribution < -0.4 is 0 Å². The molecule has 2 saturated heterocycles. The molecule has 0 unspecified atom stereocenters. The SMILES string of the molecule is CN1CC2(CCN(Cc3csc(-c4ccccc4)n3)CC2)OC1=O. The third kappa shape index (κ3) is 3.03. The van der Waals surface area contributed by atoms with Gasteiger partial charge in [0.1, 0.15) is 10.6 Å². The van der Waals surface area contributed by atoms with E-state index in [-0.39, 0.29) is 11.7 Å². The molecule has 3 heterocycles. The lowest BCUT2D eigenvalue weighted by molar-refractivity contribution is -0.00142. The standard InChI is InChI=1S/C18H21N3O2S/c1-20-13-18(23-17(20)22)7-9-21(10-8-18)11-15-12-24-16(19-15)14-5-3-2-4-6-14/h2-6,12H,7-11,13H2,1H3. The van der Waals surface area contributed by atoms with E-state index in [2.05, 4.69) is 22.4 Å². The summed E-state index contributed by atoms with van der Waals surface area (Å²) in [6, 6.07) is 10.3. The molecule has 1 amide bonds. The van der Waals surface area contributed by atoms with Gasteiger partial charge in [-0.2, -0.15) is 0 Å². The van der Waals surface area contributed by atoms with Crippen molar-refractivity contribution < 1.29 is 9.53 Å². The van der Waals surface area contributed by atoms with Gasteiger partial charge in [0.15, 0.2) is 0 Å². The Morgan fingerprint density at radius 3 is 2.67 bits per heavy atom. The number of ether oxygens (including phenoxy) is 1. The fourth-order valence-corrected chi connectivity index (χ4v) is 4.31. The first-order valence-electron chi connectivity index (χ1n) is 8.30. The zero-order valence-electron chi connectivity index (χ0n) is 13.8. The van der Waals surface area contributed by atoms with Crippen LogP contribution in [0.4, 0.5) is 4.79 Å². The normalized spacial score (nSPS) is 20.5. The van der Waals surface area contributed by atoms with Gasteiger partial charge in [-0.3, -0.25) is 4.90 Å². The van der Waals surface area contributed by atoms with Crippen molar-refractivity contribution in [3.8, 4) is 10.6 Å². The molecule has 2 aliphatic rings. The van der Waals surface area contributed by atoms with Crippen molar-refractivity contribution in [3.05, 3.63) is 41.4 Å². The molecular formula is C18H21N3O2S. The monoisotopic (exact) mass is 343 g/mol. The highest BCUT2D eigenvalue weighted by atomic mass is 32.1. The number of carbonyl (C=O) groups excluding carboxylic acids is 1. The third-order valence-corrected chi connectivity index (χ3v) is 5.81. The lowest BCUT2D eigenvalue weighted by atomic mass is 9.91. The maximum Gasteiger partial charge on any atom is 0.410 e. The summed E-state index contributed by atoms with van der Waals surface area (Å²) in [7, 11) is 1.81. The summed E-state index contributed by atoms with van der Waals surface area (Å²) in [5, 5.41) is 3.22. The quantitative estimate of drug-likeness (QED) is 0.858. The second-order valence-electron chi connectivity index (χ2n) is 6.69. The number of hydrogen-bond donors (Lipinski definition) is 0. The topological polar surface area (TPSA) is 45.7 Å². The van der Waals surface area contributed by atoms with E-state index in [4.69, 9.17) is 9.72 Å². The molecule has 1 aromatic heterocycles. The number of nitrogens with zero attached hydrogens (tertiary/aromatic N) is 3. The van der Waals surface area contributed by atoms with Gasteiger partial charge in [0.05, 0.1) is 12.2 Å². The van der Waals surface area contributed by atoms with E-state index in [9.17, 15) is 4.79 Å². The van der Waals surface area contributed by atoms with Crippen LogP contribution in [0.5, 0.6) is 0 Å². The molecule has 1 aromatic carbocycles. The number of amides is 1. The van der Waals surface area contributed by atoms with Crippen molar-refractivity contribution in [2.75, 3.05) is 26.7 Å². The van der Waals surface area contributed by atoms with Gasteiger partial charge >= 0.3 is 6.09 Å². The average molecular weight is 343 g/mol. The third-order valence-electron chi connectivity index (χ3n) is 4.87. The number of carbonyl (C=O) groups is 1. The van der Waals surface area contributed by atoms with E-state index in [1.54, 1.807) is 16.2 Å². The van der Waals surface area contributed by atoms with E-state index in [0.29, 0.717) is 6.54 Å². The minimum atomic E-state index is -0.264. The summed E-state index contributed by atoms with van der Waals surface area (Å²) in [6.07, 6.45) is 1.62. The molecule has 5 nitrogen and oxygen atoms in total. The molecule has 126 valence electrons. The van der Waals surface area contributed by atoms with Gasteiger partial charge in [0, 0.05) is 50.5 Å². The maximum atomic E-state index is 11.6. The summed E-state index contributed by atoms with van der Waals surface area (Å²) in [5.74, 6) is 0. The molecule has 24 heavy (non-hydrogen) atoms. The summed E-state index contributed by atoms with van der Waals surface area (Å²) < 4.78 is 5.61. The van der Waals surface area contributed by atoms with Crippen molar-refractivity contribution in [3.63, 3.8) is 0 Å². The minimum Gasteiger partial charge on any atom is -0.441 e. The molecule has 0 N–H and O–H groups in total. The first-order chi connectivity index (χ1) is 11.6. The predicted molar refractivity (Wildman–Crippen MR) is 93.9 cm³/mol. The summed E-state index contributed by atoms with van der Waals surface area (Å²) >= 11 is 1.70. The minimum absolute atomic E-state index is 0.185. The van der Waals surface area contributed by atoms with Crippen LogP contribution in [0.15, 0.2) is 35.7 Å². The molecule has 1 spiro atoms. The second kappa shape index (κ2) is 6.18. The molecule has 0 atom stereocenters. The van der Waals surface area contributed by atoms with Crippen molar-refractivity contribution in [1.82, 2.24) is 14.8 Å². The van der Waals surface area contributed by atoms with Crippen LogP contribution in [0.3, 0.4) is 0 Å². The van der Waals surface area contributed by atoms with Gasteiger partial charge < -0.3 is 9.64 Å². The van der Waals surface area contributed by atoms with E-state index >= 15 is 0 Å². The highest BCUT2D eigenvalue weighted by Crippen LogP contribution is 2.33. The molecule has 0 radical (unpaired) electrons. The Kier molecular flexibility index (Phi) is 4.02. The number of rotatable bonds is 3. The van der Waals surface area contributed by atoms with Crippen molar-refractivity contribution in [2.24, 2.45) is 0 Å². The Morgan fingerprint density at radius 1 is 1.25 bits per heavy atom. The van der Waals surface area contributed by atoms with Crippen LogP contribution in [-0.4, -0.2) is 53.2 Å². The van der Waals surface area contributed by atoms with Gasteiger partial charge in [0.25, 0.3) is 0 Å². The molecule has 0 saturated carbocycles. The van der Waals surface area contributed by atoms with Gasteiger partial charge in [-0.05, 0) is 0 Å². The molecule has 2 fully saturated rings. The Labute approximate surface area is 145 Å². The van der Waals surface area contributed by atoms with Crippen LogP contribution in [-0.2, 0) is 11.3 Å². The first-order valence-corrected chi connectivity index (χ1v) is 9.18. The zero-order valence-corrected chi connectivity index (χ0v) is 14.6. The molecule has 6 heteroatoms. The number of likely N-dealkylation sites (N-methyl/N-ethyl adjacent to an activating group) is 1. The summed E-state index contributed by atoms with van der Waals surface area (Å²) in [6.45, 7) is 3.47. The highest BCUT2D eigenvalue weighted by molar-refractivity contribution is 7.13. The molecule has 2 aromatic rings. The smallest absolute Gasteiger partial charge is 0.410 e. The van der Waals surface area contributed by atoms with E-state index in [1.807, 2.05) is 25.2 Å². The lowest BCUT2D eigenvalue weighted by Gasteiger charge is -2.37. The number of piperidine rings is 1.